The van der Waals surface area contributed by atoms with Crippen LogP contribution in [0.15, 0.2) is 30.5 Å². The van der Waals surface area contributed by atoms with Crippen molar-refractivity contribution in [3.05, 3.63) is 36.0 Å². The van der Waals surface area contributed by atoms with Crippen LogP contribution in [0.3, 0.4) is 0 Å². The van der Waals surface area contributed by atoms with Crippen molar-refractivity contribution in [3.63, 3.8) is 0 Å². The highest BCUT2D eigenvalue weighted by Crippen LogP contribution is 2.45. The van der Waals surface area contributed by atoms with Crippen LogP contribution in [-0.2, 0) is 5.66 Å². The predicted octanol–water partition coefficient (Wildman–Crippen LogP) is 2.70. The lowest BCUT2D eigenvalue weighted by Gasteiger charge is -2.54. The van der Waals surface area contributed by atoms with Gasteiger partial charge >= 0.3 is 6.09 Å². The number of benzene rings is 1. The monoisotopic (exact) mass is 285 g/mol. The number of piperidine rings is 3. The first kappa shape index (κ1) is 12.7. The summed E-state index contributed by atoms with van der Waals surface area (Å²) >= 11 is 0. The molecule has 3 fully saturated rings. The fraction of sp³-hybridized carbons (Fsp3) is 0.438. The Morgan fingerprint density at radius 3 is 2.76 bits per heavy atom. The molecule has 3 aliphatic rings. The molecule has 2 bridgehead atoms. The SMILES string of the molecule is O=C(O)NC1(c2c[nH]c3ccccc23)CC2CCN1CC2. The molecule has 1 unspecified atom stereocenters. The topological polar surface area (TPSA) is 68.4 Å². The summed E-state index contributed by atoms with van der Waals surface area (Å²) in [5, 5.41) is 13.3. The Bertz CT molecular complexity index is 688. The van der Waals surface area contributed by atoms with E-state index in [9.17, 15) is 9.90 Å². The average molecular weight is 285 g/mol. The Hall–Kier alpha value is -2.01. The fourth-order valence-electron chi connectivity index (χ4n) is 4.13. The van der Waals surface area contributed by atoms with Crippen LogP contribution < -0.4 is 5.32 Å². The van der Waals surface area contributed by atoms with Gasteiger partial charge in [0, 0.05) is 35.8 Å². The molecule has 1 aromatic carbocycles. The van der Waals surface area contributed by atoms with Gasteiger partial charge in [-0.15, -0.1) is 0 Å². The Balaban J connectivity index is 1.88. The maximum absolute atomic E-state index is 11.4. The van der Waals surface area contributed by atoms with Crippen molar-refractivity contribution < 1.29 is 9.90 Å². The van der Waals surface area contributed by atoms with Crippen molar-refractivity contribution in [2.24, 2.45) is 5.92 Å². The van der Waals surface area contributed by atoms with E-state index >= 15 is 0 Å². The van der Waals surface area contributed by atoms with Gasteiger partial charge in [-0.3, -0.25) is 10.2 Å². The molecule has 0 radical (unpaired) electrons. The molecule has 2 aromatic rings. The van der Waals surface area contributed by atoms with Crippen molar-refractivity contribution in [1.29, 1.82) is 0 Å². The summed E-state index contributed by atoms with van der Waals surface area (Å²) in [5.41, 5.74) is 1.54. The number of H-pyrrole nitrogens is 1. The number of aromatic amines is 1. The molecule has 0 spiro atoms. The lowest BCUT2D eigenvalue weighted by atomic mass is 9.76. The lowest BCUT2D eigenvalue weighted by molar-refractivity contribution is -0.0508. The molecule has 1 amide bonds. The van der Waals surface area contributed by atoms with Crippen molar-refractivity contribution in [2.45, 2.75) is 24.9 Å². The third-order valence-corrected chi connectivity index (χ3v) is 5.09. The smallest absolute Gasteiger partial charge is 0.406 e. The van der Waals surface area contributed by atoms with Gasteiger partial charge in [0.15, 0.2) is 0 Å². The van der Waals surface area contributed by atoms with Crippen LogP contribution in [0.5, 0.6) is 0 Å². The van der Waals surface area contributed by atoms with Gasteiger partial charge in [-0.25, -0.2) is 4.79 Å². The summed E-state index contributed by atoms with van der Waals surface area (Å²) < 4.78 is 0. The molecule has 21 heavy (non-hydrogen) atoms. The van der Waals surface area contributed by atoms with E-state index in [2.05, 4.69) is 21.3 Å². The molecule has 5 heteroatoms. The first-order chi connectivity index (χ1) is 10.2. The molecule has 110 valence electrons. The zero-order valence-electron chi connectivity index (χ0n) is 11.8. The van der Waals surface area contributed by atoms with E-state index in [-0.39, 0.29) is 0 Å². The number of hydrogen-bond donors (Lipinski definition) is 3. The van der Waals surface area contributed by atoms with Crippen LogP contribution in [0.1, 0.15) is 24.8 Å². The highest BCUT2D eigenvalue weighted by Gasteiger charge is 2.49. The molecule has 5 rings (SSSR count). The number of rotatable bonds is 2. The summed E-state index contributed by atoms with van der Waals surface area (Å²) in [6.07, 6.45) is 4.23. The number of para-hydroxylation sites is 1. The Kier molecular flexibility index (Phi) is 2.72. The number of hydrogen-bond acceptors (Lipinski definition) is 2. The minimum absolute atomic E-state index is 0.577. The summed E-state index contributed by atoms with van der Waals surface area (Å²) in [5.74, 6) is 0.607. The number of fused-ring (bicyclic) bond motifs is 4. The van der Waals surface area contributed by atoms with E-state index in [1.165, 1.54) is 12.8 Å². The molecule has 0 saturated carbocycles. The maximum atomic E-state index is 11.4. The molecule has 3 saturated heterocycles. The zero-order chi connectivity index (χ0) is 14.4. The van der Waals surface area contributed by atoms with Crippen molar-refractivity contribution in [1.82, 2.24) is 15.2 Å². The third kappa shape index (κ3) is 1.84. The van der Waals surface area contributed by atoms with E-state index in [4.69, 9.17) is 0 Å². The molecule has 3 N–H and O–H groups in total. The van der Waals surface area contributed by atoms with E-state index in [0.717, 1.165) is 36.0 Å². The van der Waals surface area contributed by atoms with Crippen molar-refractivity contribution in [3.8, 4) is 0 Å². The Morgan fingerprint density at radius 1 is 1.33 bits per heavy atom. The van der Waals surface area contributed by atoms with Crippen LogP contribution in [0, 0.1) is 5.92 Å². The molecule has 5 nitrogen and oxygen atoms in total. The normalized spacial score (nSPS) is 31.4. The van der Waals surface area contributed by atoms with Gasteiger partial charge in [0.1, 0.15) is 5.66 Å². The van der Waals surface area contributed by atoms with Gasteiger partial charge in [0.2, 0.25) is 0 Å². The maximum Gasteiger partial charge on any atom is 0.406 e. The van der Waals surface area contributed by atoms with Crippen molar-refractivity contribution in [2.75, 3.05) is 13.1 Å². The number of carboxylic acid groups (broad SMARTS) is 1. The molecule has 4 heterocycles. The second-order valence-corrected chi connectivity index (χ2v) is 6.17. The number of amides is 1. The first-order valence-electron chi connectivity index (χ1n) is 7.52. The van der Waals surface area contributed by atoms with Gasteiger partial charge in [-0.2, -0.15) is 0 Å². The summed E-state index contributed by atoms with van der Waals surface area (Å²) in [6, 6.07) is 8.09. The standard InChI is InChI=1S/C16H19N3O2/c20-15(21)18-16(9-11-5-7-19(16)8-6-11)13-10-17-14-4-2-1-3-12(13)14/h1-4,10-11,17-18H,5-9H2,(H,20,21). The lowest BCUT2D eigenvalue weighted by Crippen LogP contribution is -2.64. The number of nitrogens with zero attached hydrogens (tertiary/aromatic N) is 1. The second-order valence-electron chi connectivity index (χ2n) is 6.17. The highest BCUT2D eigenvalue weighted by atomic mass is 16.4. The summed E-state index contributed by atoms with van der Waals surface area (Å²) in [6.45, 7) is 1.93. The molecular weight excluding hydrogens is 266 g/mol. The number of nitrogens with one attached hydrogen (secondary N) is 2. The Labute approximate surface area is 122 Å². The van der Waals surface area contributed by atoms with E-state index in [1.54, 1.807) is 0 Å². The summed E-state index contributed by atoms with van der Waals surface area (Å²) in [4.78, 5) is 17.0. The first-order valence-corrected chi connectivity index (χ1v) is 7.52. The van der Waals surface area contributed by atoms with Gasteiger partial charge in [-0.1, -0.05) is 18.2 Å². The number of aromatic nitrogens is 1. The molecule has 1 atom stereocenters. The second kappa shape index (κ2) is 4.49. The van der Waals surface area contributed by atoms with Crippen LogP contribution in [-0.4, -0.2) is 34.2 Å². The minimum Gasteiger partial charge on any atom is -0.465 e. The Morgan fingerprint density at radius 2 is 2.10 bits per heavy atom. The predicted molar refractivity (Wildman–Crippen MR) is 80.1 cm³/mol. The van der Waals surface area contributed by atoms with E-state index in [1.807, 2.05) is 24.4 Å². The van der Waals surface area contributed by atoms with Gasteiger partial charge in [0.25, 0.3) is 0 Å². The average Bonchev–Trinajstić information content (AvgIpc) is 2.92. The molecule has 0 aliphatic carbocycles. The van der Waals surface area contributed by atoms with Gasteiger partial charge in [0.05, 0.1) is 0 Å². The quantitative estimate of drug-likeness (QED) is 0.794. The molecule has 1 aromatic heterocycles. The third-order valence-electron chi connectivity index (χ3n) is 5.09. The number of carbonyl (C=O) groups is 1. The molecular formula is C16H19N3O2. The van der Waals surface area contributed by atoms with Gasteiger partial charge in [-0.05, 0) is 31.2 Å². The minimum atomic E-state index is -0.951. The summed E-state index contributed by atoms with van der Waals surface area (Å²) in [7, 11) is 0. The van der Waals surface area contributed by atoms with Crippen LogP contribution in [0.4, 0.5) is 4.79 Å². The molecule has 3 aliphatic heterocycles. The zero-order valence-corrected chi connectivity index (χ0v) is 11.8. The van der Waals surface area contributed by atoms with Crippen molar-refractivity contribution >= 4 is 17.0 Å². The van der Waals surface area contributed by atoms with Gasteiger partial charge < -0.3 is 10.1 Å². The van der Waals surface area contributed by atoms with Crippen LogP contribution in [0.2, 0.25) is 0 Å². The fourth-order valence-corrected chi connectivity index (χ4v) is 4.13. The highest BCUT2D eigenvalue weighted by molar-refractivity contribution is 5.84. The van der Waals surface area contributed by atoms with Crippen LogP contribution in [0.25, 0.3) is 10.9 Å². The van der Waals surface area contributed by atoms with Crippen LogP contribution >= 0.6 is 0 Å². The van der Waals surface area contributed by atoms with E-state index in [0.29, 0.717) is 5.92 Å². The van der Waals surface area contributed by atoms with E-state index < -0.39 is 11.8 Å². The largest absolute Gasteiger partial charge is 0.465 e.